The van der Waals surface area contributed by atoms with Gasteiger partial charge < -0.3 is 19.5 Å². The van der Waals surface area contributed by atoms with Crippen molar-refractivity contribution in [3.8, 4) is 0 Å². The molecular weight excluding hydrogens is 414 g/mol. The highest BCUT2D eigenvalue weighted by molar-refractivity contribution is 7.94. The third-order valence-electron chi connectivity index (χ3n) is 6.43. The summed E-state index contributed by atoms with van der Waals surface area (Å²) in [6.07, 6.45) is 1.26. The quantitative estimate of drug-likeness (QED) is 0.704. The van der Waals surface area contributed by atoms with E-state index in [0.717, 1.165) is 0 Å². The van der Waals surface area contributed by atoms with Gasteiger partial charge in [-0.05, 0) is 40.0 Å². The highest BCUT2D eigenvalue weighted by Gasteiger charge is 2.63. The highest BCUT2D eigenvalue weighted by atomic mass is 32.2. The Bertz CT molecular complexity index is 1010. The van der Waals surface area contributed by atoms with Gasteiger partial charge in [0.2, 0.25) is 0 Å². The van der Waals surface area contributed by atoms with Crippen molar-refractivity contribution in [2.75, 3.05) is 26.3 Å². The number of carboxylic acids is 1. The number of carboxylic acid groups (broad SMARTS) is 1. The van der Waals surface area contributed by atoms with Crippen molar-refractivity contribution in [1.82, 2.24) is 14.7 Å². The lowest BCUT2D eigenvalue weighted by Gasteiger charge is -2.43. The molecular formula is C19H27N3O7S. The molecule has 4 rings (SSSR count). The van der Waals surface area contributed by atoms with Gasteiger partial charge in [-0.15, -0.1) is 0 Å². The molecule has 1 amide bonds. The first-order valence-corrected chi connectivity index (χ1v) is 11.4. The molecule has 30 heavy (non-hydrogen) atoms. The van der Waals surface area contributed by atoms with Gasteiger partial charge >= 0.3 is 5.97 Å². The maximum Gasteiger partial charge on any atom is 0.356 e. The smallest absolute Gasteiger partial charge is 0.356 e. The van der Waals surface area contributed by atoms with E-state index in [9.17, 15) is 23.1 Å². The molecule has 2 fully saturated rings. The number of sulfone groups is 1. The molecule has 1 saturated heterocycles. The van der Waals surface area contributed by atoms with Crippen LogP contribution in [0.1, 0.15) is 60.2 Å². The number of aryl methyl sites for hydroxylation is 1. The summed E-state index contributed by atoms with van der Waals surface area (Å²) >= 11 is 0. The SMILES string of the molecule is Cn1nc(C(=O)O)c2c1C(=O)N(CC1(S(=O)(=O)C3(C)COC(C)(C)OC3)CC1)CC2. The average Bonchev–Trinajstić information content (AvgIpc) is 3.37. The predicted molar refractivity (Wildman–Crippen MR) is 105 cm³/mol. The summed E-state index contributed by atoms with van der Waals surface area (Å²) in [7, 11) is -2.16. The monoisotopic (exact) mass is 441 g/mol. The number of aromatic nitrogens is 2. The summed E-state index contributed by atoms with van der Waals surface area (Å²) in [6, 6.07) is 0. The van der Waals surface area contributed by atoms with Gasteiger partial charge in [-0.3, -0.25) is 9.48 Å². The van der Waals surface area contributed by atoms with Gasteiger partial charge in [0.1, 0.15) is 10.4 Å². The van der Waals surface area contributed by atoms with E-state index in [2.05, 4.69) is 5.10 Å². The standard InChI is InChI=1S/C19H27N3O7S/c1-17(2)28-10-18(3,11-29-17)30(26,27)19(6-7-19)9-22-8-5-12-13(16(24)25)20-21(4)14(12)15(22)23/h5-11H2,1-4H3,(H,24,25). The number of ether oxygens (including phenoxy) is 2. The lowest BCUT2D eigenvalue weighted by Crippen LogP contribution is -2.59. The summed E-state index contributed by atoms with van der Waals surface area (Å²) < 4.78 is 37.5. The van der Waals surface area contributed by atoms with Crippen LogP contribution in [0.25, 0.3) is 0 Å². The third-order valence-corrected chi connectivity index (χ3v) is 9.64. The van der Waals surface area contributed by atoms with Gasteiger partial charge in [-0.25, -0.2) is 13.2 Å². The Morgan fingerprint density at radius 3 is 2.33 bits per heavy atom. The Labute approximate surface area is 175 Å². The molecule has 0 aromatic carbocycles. The number of amides is 1. The van der Waals surface area contributed by atoms with Gasteiger partial charge in [-0.1, -0.05) is 0 Å². The van der Waals surface area contributed by atoms with Crippen molar-refractivity contribution >= 4 is 21.7 Å². The minimum absolute atomic E-state index is 0.0336. The summed E-state index contributed by atoms with van der Waals surface area (Å²) in [5, 5.41) is 13.3. The van der Waals surface area contributed by atoms with Crippen LogP contribution in [0.3, 0.4) is 0 Å². The van der Waals surface area contributed by atoms with Crippen molar-refractivity contribution in [3.05, 3.63) is 17.0 Å². The molecule has 11 heteroatoms. The molecule has 1 N–H and O–H groups in total. The lowest BCUT2D eigenvalue weighted by atomic mass is 10.0. The van der Waals surface area contributed by atoms with Crippen LogP contribution in [0, 0.1) is 0 Å². The second kappa shape index (κ2) is 6.51. The van der Waals surface area contributed by atoms with Crippen LogP contribution in [0.2, 0.25) is 0 Å². The zero-order chi connectivity index (χ0) is 22.1. The maximum atomic E-state index is 13.6. The van der Waals surface area contributed by atoms with Crippen LogP contribution in [0.5, 0.6) is 0 Å². The fourth-order valence-electron chi connectivity index (χ4n) is 4.31. The van der Waals surface area contributed by atoms with Gasteiger partial charge in [0.05, 0.1) is 18.0 Å². The van der Waals surface area contributed by atoms with Crippen LogP contribution in [0.15, 0.2) is 0 Å². The van der Waals surface area contributed by atoms with Crippen LogP contribution in [-0.2, 0) is 32.8 Å². The van der Waals surface area contributed by atoms with Crippen LogP contribution < -0.4 is 0 Å². The largest absolute Gasteiger partial charge is 0.476 e. The predicted octanol–water partition coefficient (Wildman–Crippen LogP) is 0.606. The lowest BCUT2D eigenvalue weighted by molar-refractivity contribution is -0.254. The van der Waals surface area contributed by atoms with Gasteiger partial charge in [-0.2, -0.15) is 5.10 Å². The van der Waals surface area contributed by atoms with Crippen molar-refractivity contribution in [2.45, 2.75) is 55.3 Å². The Balaban J connectivity index is 1.58. The zero-order valence-electron chi connectivity index (χ0n) is 17.6. The number of aromatic carboxylic acids is 1. The number of hydrogen-bond acceptors (Lipinski definition) is 7. The van der Waals surface area contributed by atoms with Crippen molar-refractivity contribution in [3.63, 3.8) is 0 Å². The molecule has 0 radical (unpaired) electrons. The molecule has 0 atom stereocenters. The Morgan fingerprint density at radius 2 is 1.80 bits per heavy atom. The van der Waals surface area contributed by atoms with E-state index in [0.29, 0.717) is 24.8 Å². The van der Waals surface area contributed by atoms with Crippen LogP contribution in [0.4, 0.5) is 0 Å². The Hall–Kier alpha value is -1.98. The number of hydrogen-bond donors (Lipinski definition) is 1. The Kier molecular flexibility index (Phi) is 4.61. The zero-order valence-corrected chi connectivity index (χ0v) is 18.4. The molecule has 3 aliphatic rings. The first kappa shape index (κ1) is 21.3. The normalized spacial score (nSPS) is 24.4. The molecule has 2 aliphatic heterocycles. The second-order valence-electron chi connectivity index (χ2n) is 9.19. The molecule has 10 nitrogen and oxygen atoms in total. The minimum atomic E-state index is -3.68. The first-order chi connectivity index (χ1) is 13.8. The molecule has 0 unspecified atom stereocenters. The van der Waals surface area contributed by atoms with Crippen LogP contribution in [-0.4, -0.2) is 81.7 Å². The maximum absolute atomic E-state index is 13.6. The minimum Gasteiger partial charge on any atom is -0.476 e. The number of rotatable bonds is 5. The van der Waals surface area contributed by atoms with Crippen molar-refractivity contribution in [2.24, 2.45) is 7.05 Å². The third kappa shape index (κ3) is 3.05. The topological polar surface area (TPSA) is 128 Å². The first-order valence-electron chi connectivity index (χ1n) is 9.93. The van der Waals surface area contributed by atoms with Crippen LogP contribution >= 0.6 is 0 Å². The fraction of sp³-hybridized carbons (Fsp3) is 0.737. The van der Waals surface area contributed by atoms with E-state index in [-0.39, 0.29) is 43.6 Å². The summed E-state index contributed by atoms with van der Waals surface area (Å²) in [5.41, 5.74) is 0.493. The average molecular weight is 442 g/mol. The van der Waals surface area contributed by atoms with Gasteiger partial charge in [0.25, 0.3) is 5.91 Å². The molecule has 1 saturated carbocycles. The molecule has 3 heterocycles. The second-order valence-corrected chi connectivity index (χ2v) is 12.1. The van der Waals surface area contributed by atoms with Gasteiger partial charge in [0, 0.05) is 25.7 Å². The van der Waals surface area contributed by atoms with E-state index in [1.807, 2.05) is 0 Å². The number of nitrogens with zero attached hydrogens (tertiary/aromatic N) is 3. The summed E-state index contributed by atoms with van der Waals surface area (Å²) in [5.74, 6) is -2.39. The molecule has 166 valence electrons. The number of carbonyl (C=O) groups is 2. The fourth-order valence-corrected chi connectivity index (χ4v) is 6.74. The molecule has 0 spiro atoms. The molecule has 1 aliphatic carbocycles. The Morgan fingerprint density at radius 1 is 1.20 bits per heavy atom. The number of carbonyl (C=O) groups excluding carboxylic acids is 1. The van der Waals surface area contributed by atoms with Crippen molar-refractivity contribution < 1.29 is 32.6 Å². The van der Waals surface area contributed by atoms with E-state index in [1.165, 1.54) is 16.6 Å². The highest BCUT2D eigenvalue weighted by Crippen LogP contribution is 2.50. The van der Waals surface area contributed by atoms with E-state index in [4.69, 9.17) is 9.47 Å². The van der Waals surface area contributed by atoms with E-state index >= 15 is 0 Å². The van der Waals surface area contributed by atoms with Gasteiger partial charge in [0.15, 0.2) is 21.3 Å². The molecule has 1 aromatic heterocycles. The van der Waals surface area contributed by atoms with Crippen molar-refractivity contribution in [1.29, 1.82) is 0 Å². The van der Waals surface area contributed by atoms with E-state index < -0.39 is 31.1 Å². The molecule has 0 bridgehead atoms. The van der Waals surface area contributed by atoms with E-state index in [1.54, 1.807) is 20.8 Å². The molecule has 1 aromatic rings. The summed E-state index contributed by atoms with van der Waals surface area (Å²) in [4.78, 5) is 26.0. The summed E-state index contributed by atoms with van der Waals surface area (Å²) in [6.45, 7) is 5.52. The number of fused-ring (bicyclic) bond motifs is 1.